The zero-order valence-electron chi connectivity index (χ0n) is 14.7. The molecule has 1 heterocycles. The molecule has 2 amide bonds. The van der Waals surface area contributed by atoms with Crippen LogP contribution in [0.25, 0.3) is 0 Å². The minimum absolute atomic E-state index is 0.0864. The highest BCUT2D eigenvalue weighted by Gasteiger charge is 2.39. The third kappa shape index (κ3) is 3.59. The summed E-state index contributed by atoms with van der Waals surface area (Å²) in [5.74, 6) is -1.51. The second-order valence-corrected chi connectivity index (χ2v) is 6.52. The van der Waals surface area contributed by atoms with Gasteiger partial charge in [0.2, 0.25) is 5.91 Å². The Morgan fingerprint density at radius 3 is 2.50 bits per heavy atom. The first-order valence-electron chi connectivity index (χ1n) is 8.36. The number of amides is 2. The van der Waals surface area contributed by atoms with Gasteiger partial charge in [0.15, 0.2) is 0 Å². The lowest BCUT2D eigenvalue weighted by Crippen LogP contribution is -2.34. The molecule has 2 aromatic carbocycles. The summed E-state index contributed by atoms with van der Waals surface area (Å²) in [7, 11) is 0. The van der Waals surface area contributed by atoms with Crippen LogP contribution in [0.1, 0.15) is 23.1 Å². The molecule has 3 rings (SSSR count). The molecule has 0 spiro atoms. The van der Waals surface area contributed by atoms with E-state index in [2.05, 4.69) is 5.32 Å². The molecule has 0 saturated carbocycles. The molecule has 1 unspecified atom stereocenters. The third-order valence-electron chi connectivity index (χ3n) is 4.42. The van der Waals surface area contributed by atoms with Crippen LogP contribution in [0.4, 0.5) is 11.4 Å². The van der Waals surface area contributed by atoms with Crippen LogP contribution in [0.3, 0.4) is 0 Å². The molecule has 26 heavy (non-hydrogen) atoms. The van der Waals surface area contributed by atoms with Gasteiger partial charge in [-0.15, -0.1) is 0 Å². The highest BCUT2D eigenvalue weighted by molar-refractivity contribution is 6.23. The Kier molecular flexibility index (Phi) is 4.75. The van der Waals surface area contributed by atoms with Gasteiger partial charge in [0.25, 0.3) is 5.91 Å². The molecule has 0 radical (unpaired) electrons. The average Bonchev–Trinajstić information content (AvgIpc) is 2.85. The Bertz CT molecular complexity index is 874. The first-order valence-corrected chi connectivity index (χ1v) is 8.36. The standard InChI is InChI=1S/C20H20N2O4/c1-12-3-4-13(2)16(9-12)21-17-11-18(23)22(20(17)26)15-7-5-14(6-8-15)10-19(24)25/h3-9,17,21H,10-11H2,1-2H3,(H,24,25). The van der Waals surface area contributed by atoms with Crippen molar-refractivity contribution in [1.29, 1.82) is 0 Å². The molecule has 6 nitrogen and oxygen atoms in total. The van der Waals surface area contributed by atoms with E-state index in [-0.39, 0.29) is 24.7 Å². The number of hydrogen-bond acceptors (Lipinski definition) is 4. The van der Waals surface area contributed by atoms with Gasteiger partial charge < -0.3 is 10.4 Å². The lowest BCUT2D eigenvalue weighted by molar-refractivity contribution is -0.136. The molecule has 1 saturated heterocycles. The van der Waals surface area contributed by atoms with E-state index >= 15 is 0 Å². The number of aryl methyl sites for hydroxylation is 2. The molecule has 0 aliphatic carbocycles. The number of rotatable bonds is 5. The van der Waals surface area contributed by atoms with E-state index < -0.39 is 12.0 Å². The average molecular weight is 352 g/mol. The van der Waals surface area contributed by atoms with Crippen molar-refractivity contribution < 1.29 is 19.5 Å². The monoisotopic (exact) mass is 352 g/mol. The van der Waals surface area contributed by atoms with Crippen molar-refractivity contribution in [2.75, 3.05) is 10.2 Å². The van der Waals surface area contributed by atoms with Gasteiger partial charge in [-0.2, -0.15) is 0 Å². The highest BCUT2D eigenvalue weighted by atomic mass is 16.4. The smallest absolute Gasteiger partial charge is 0.307 e. The number of nitrogens with zero attached hydrogens (tertiary/aromatic N) is 1. The lowest BCUT2D eigenvalue weighted by atomic mass is 10.1. The van der Waals surface area contributed by atoms with Gasteiger partial charge in [-0.25, -0.2) is 4.90 Å². The van der Waals surface area contributed by atoms with Crippen LogP contribution < -0.4 is 10.2 Å². The fourth-order valence-electron chi connectivity index (χ4n) is 3.03. The van der Waals surface area contributed by atoms with Crippen molar-refractivity contribution in [3.63, 3.8) is 0 Å². The Morgan fingerprint density at radius 2 is 1.85 bits per heavy atom. The van der Waals surface area contributed by atoms with Crippen molar-refractivity contribution in [3.05, 3.63) is 59.2 Å². The quantitative estimate of drug-likeness (QED) is 0.808. The van der Waals surface area contributed by atoms with Gasteiger partial charge in [-0.3, -0.25) is 14.4 Å². The molecular weight excluding hydrogens is 332 g/mol. The number of aliphatic carboxylic acids is 1. The highest BCUT2D eigenvalue weighted by Crippen LogP contribution is 2.26. The first kappa shape index (κ1) is 17.7. The van der Waals surface area contributed by atoms with E-state index in [1.54, 1.807) is 24.3 Å². The van der Waals surface area contributed by atoms with Gasteiger partial charge >= 0.3 is 5.97 Å². The van der Waals surface area contributed by atoms with Crippen molar-refractivity contribution >= 4 is 29.2 Å². The van der Waals surface area contributed by atoms with E-state index in [9.17, 15) is 14.4 Å². The maximum Gasteiger partial charge on any atom is 0.307 e. The van der Waals surface area contributed by atoms with Crippen molar-refractivity contribution in [2.24, 2.45) is 0 Å². The summed E-state index contributed by atoms with van der Waals surface area (Å²) in [5.41, 5.74) is 3.99. The molecule has 0 bridgehead atoms. The number of benzene rings is 2. The van der Waals surface area contributed by atoms with Crippen molar-refractivity contribution in [1.82, 2.24) is 0 Å². The Balaban J connectivity index is 1.78. The van der Waals surface area contributed by atoms with Crippen LogP contribution in [-0.4, -0.2) is 28.9 Å². The van der Waals surface area contributed by atoms with Gasteiger partial charge in [-0.05, 0) is 48.7 Å². The van der Waals surface area contributed by atoms with E-state index in [0.29, 0.717) is 11.3 Å². The minimum atomic E-state index is -0.927. The van der Waals surface area contributed by atoms with E-state index in [1.807, 2.05) is 32.0 Å². The fraction of sp³-hybridized carbons (Fsp3) is 0.250. The Morgan fingerprint density at radius 1 is 1.15 bits per heavy atom. The van der Waals surface area contributed by atoms with Gasteiger partial charge in [0.1, 0.15) is 6.04 Å². The summed E-state index contributed by atoms with van der Waals surface area (Å²) >= 11 is 0. The fourth-order valence-corrected chi connectivity index (χ4v) is 3.03. The van der Waals surface area contributed by atoms with Crippen LogP contribution in [0.15, 0.2) is 42.5 Å². The SMILES string of the molecule is Cc1ccc(C)c(NC2CC(=O)N(c3ccc(CC(=O)O)cc3)C2=O)c1. The summed E-state index contributed by atoms with van der Waals surface area (Å²) in [6, 6.07) is 11.8. The van der Waals surface area contributed by atoms with Crippen LogP contribution >= 0.6 is 0 Å². The van der Waals surface area contributed by atoms with Gasteiger partial charge in [-0.1, -0.05) is 24.3 Å². The molecule has 0 aromatic heterocycles. The predicted molar refractivity (Wildman–Crippen MR) is 98.2 cm³/mol. The molecular formula is C20H20N2O4. The summed E-state index contributed by atoms with van der Waals surface area (Å²) in [5, 5.41) is 12.0. The normalized spacial score (nSPS) is 16.8. The molecule has 6 heteroatoms. The summed E-state index contributed by atoms with van der Waals surface area (Å²) < 4.78 is 0. The maximum atomic E-state index is 12.7. The molecule has 1 atom stereocenters. The third-order valence-corrected chi connectivity index (χ3v) is 4.42. The van der Waals surface area contributed by atoms with E-state index in [1.165, 1.54) is 0 Å². The topological polar surface area (TPSA) is 86.7 Å². The molecule has 2 N–H and O–H groups in total. The summed E-state index contributed by atoms with van der Waals surface area (Å²) in [6.45, 7) is 3.92. The molecule has 134 valence electrons. The number of nitrogens with one attached hydrogen (secondary N) is 1. The Labute approximate surface area is 151 Å². The van der Waals surface area contributed by atoms with Gasteiger partial charge in [0, 0.05) is 5.69 Å². The second kappa shape index (κ2) is 7.00. The predicted octanol–water partition coefficient (Wildman–Crippen LogP) is 2.67. The van der Waals surface area contributed by atoms with Crippen molar-refractivity contribution in [2.45, 2.75) is 32.7 Å². The summed E-state index contributed by atoms with van der Waals surface area (Å²) in [4.78, 5) is 37.0. The number of hydrogen-bond donors (Lipinski definition) is 2. The molecule has 1 aliphatic heterocycles. The number of carbonyl (C=O) groups excluding carboxylic acids is 2. The van der Waals surface area contributed by atoms with Crippen LogP contribution in [-0.2, 0) is 20.8 Å². The second-order valence-electron chi connectivity index (χ2n) is 6.52. The van der Waals surface area contributed by atoms with Crippen LogP contribution in [0, 0.1) is 13.8 Å². The number of anilines is 2. The maximum absolute atomic E-state index is 12.7. The van der Waals surface area contributed by atoms with E-state index in [0.717, 1.165) is 21.7 Å². The first-order chi connectivity index (χ1) is 12.3. The lowest BCUT2D eigenvalue weighted by Gasteiger charge is -2.17. The van der Waals surface area contributed by atoms with Crippen LogP contribution in [0.5, 0.6) is 0 Å². The zero-order chi connectivity index (χ0) is 18.8. The minimum Gasteiger partial charge on any atom is -0.481 e. The van der Waals surface area contributed by atoms with Gasteiger partial charge in [0.05, 0.1) is 18.5 Å². The number of carboxylic acids is 1. The molecule has 1 aliphatic rings. The van der Waals surface area contributed by atoms with Crippen molar-refractivity contribution in [3.8, 4) is 0 Å². The largest absolute Gasteiger partial charge is 0.481 e. The number of imide groups is 1. The number of carboxylic acid groups (broad SMARTS) is 1. The van der Waals surface area contributed by atoms with E-state index in [4.69, 9.17) is 5.11 Å². The van der Waals surface area contributed by atoms with Crippen LogP contribution in [0.2, 0.25) is 0 Å². The Hall–Kier alpha value is -3.15. The summed E-state index contributed by atoms with van der Waals surface area (Å²) in [6.07, 6.45) is -0.0118. The zero-order valence-corrected chi connectivity index (χ0v) is 14.7. The molecule has 2 aromatic rings. The number of carbonyl (C=O) groups is 3. The molecule has 1 fully saturated rings.